The molecule has 0 aliphatic carbocycles. The van der Waals surface area contributed by atoms with Gasteiger partial charge >= 0.3 is 0 Å². The highest BCUT2D eigenvalue weighted by molar-refractivity contribution is 14.1. The fourth-order valence-corrected chi connectivity index (χ4v) is 3.11. The van der Waals surface area contributed by atoms with Gasteiger partial charge in [0.05, 0.1) is 6.54 Å². The molecule has 1 heterocycles. The maximum Gasteiger partial charge on any atom is 0.253 e. The maximum atomic E-state index is 12.3. The van der Waals surface area contributed by atoms with Gasteiger partial charge in [-0.15, -0.1) is 0 Å². The molecule has 0 atom stereocenters. The predicted molar refractivity (Wildman–Crippen MR) is 108 cm³/mol. The topological polar surface area (TPSA) is 61.4 Å². The maximum absolute atomic E-state index is 12.3. The Hall–Kier alpha value is -2.09. The monoisotopic (exact) mass is 449 g/mol. The summed E-state index contributed by atoms with van der Waals surface area (Å²) in [6.07, 6.45) is 2.17. The van der Waals surface area contributed by atoms with E-state index in [0.29, 0.717) is 5.56 Å². The van der Waals surface area contributed by atoms with Gasteiger partial charge < -0.3 is 15.5 Å². The molecule has 25 heavy (non-hydrogen) atoms. The molecule has 2 N–H and O–H groups in total. The van der Waals surface area contributed by atoms with E-state index in [1.54, 1.807) is 12.1 Å². The van der Waals surface area contributed by atoms with Gasteiger partial charge in [0.25, 0.3) is 5.91 Å². The van der Waals surface area contributed by atoms with Crippen molar-refractivity contribution in [3.05, 3.63) is 57.7 Å². The summed E-state index contributed by atoms with van der Waals surface area (Å²) >= 11 is 2.22. The zero-order valence-electron chi connectivity index (χ0n) is 13.8. The highest BCUT2D eigenvalue weighted by atomic mass is 127. The smallest absolute Gasteiger partial charge is 0.253 e. The van der Waals surface area contributed by atoms with E-state index in [2.05, 4.69) is 33.2 Å². The SMILES string of the molecule is O=C(CNc1ccc(C(=O)N2CCCC2)cc1)Nc1ccc(I)cc1. The first kappa shape index (κ1) is 17.7. The van der Waals surface area contributed by atoms with Gasteiger partial charge in [-0.05, 0) is 84.0 Å². The molecule has 3 rings (SSSR count). The summed E-state index contributed by atoms with van der Waals surface area (Å²) in [6.45, 7) is 1.86. The summed E-state index contributed by atoms with van der Waals surface area (Å²) < 4.78 is 1.12. The number of halogens is 1. The lowest BCUT2D eigenvalue weighted by molar-refractivity contribution is -0.114. The molecule has 1 saturated heterocycles. The van der Waals surface area contributed by atoms with Gasteiger partial charge in [-0.1, -0.05) is 0 Å². The Balaban J connectivity index is 1.50. The van der Waals surface area contributed by atoms with Crippen LogP contribution in [0.2, 0.25) is 0 Å². The normalized spacial score (nSPS) is 13.6. The molecule has 2 amide bonds. The molecule has 0 aromatic heterocycles. The van der Waals surface area contributed by atoms with Crippen molar-refractivity contribution in [3.63, 3.8) is 0 Å². The Labute approximate surface area is 160 Å². The van der Waals surface area contributed by atoms with E-state index in [1.165, 1.54) is 0 Å². The third-order valence-electron chi connectivity index (χ3n) is 4.11. The van der Waals surface area contributed by atoms with Gasteiger partial charge in [0.15, 0.2) is 0 Å². The quantitative estimate of drug-likeness (QED) is 0.687. The molecule has 130 valence electrons. The molecule has 1 aliphatic heterocycles. The molecule has 2 aromatic rings. The van der Waals surface area contributed by atoms with Crippen molar-refractivity contribution in [2.75, 3.05) is 30.3 Å². The van der Waals surface area contributed by atoms with Gasteiger partial charge in [-0.3, -0.25) is 9.59 Å². The molecule has 0 bridgehead atoms. The van der Waals surface area contributed by atoms with Crippen molar-refractivity contribution < 1.29 is 9.59 Å². The summed E-state index contributed by atoms with van der Waals surface area (Å²) in [6, 6.07) is 14.9. The number of carbonyl (C=O) groups is 2. The second kappa shape index (κ2) is 8.33. The first-order chi connectivity index (χ1) is 12.1. The van der Waals surface area contributed by atoms with Crippen LogP contribution < -0.4 is 10.6 Å². The van der Waals surface area contributed by atoms with Crippen LogP contribution in [0.25, 0.3) is 0 Å². The summed E-state index contributed by atoms with van der Waals surface area (Å²) in [5, 5.41) is 5.91. The number of hydrogen-bond donors (Lipinski definition) is 2. The average Bonchev–Trinajstić information content (AvgIpc) is 3.16. The molecule has 1 fully saturated rings. The Morgan fingerprint density at radius 2 is 1.52 bits per heavy atom. The molecule has 0 spiro atoms. The van der Waals surface area contributed by atoms with Gasteiger partial charge in [0.2, 0.25) is 5.91 Å². The zero-order chi connectivity index (χ0) is 17.6. The molecule has 5 nitrogen and oxygen atoms in total. The number of carbonyl (C=O) groups excluding carboxylic acids is 2. The van der Waals surface area contributed by atoms with Crippen LogP contribution in [-0.2, 0) is 4.79 Å². The molecule has 2 aromatic carbocycles. The second-order valence-electron chi connectivity index (χ2n) is 5.99. The minimum absolute atomic E-state index is 0.0838. The van der Waals surface area contributed by atoms with E-state index in [0.717, 1.165) is 40.9 Å². The molecule has 6 heteroatoms. The number of benzene rings is 2. The van der Waals surface area contributed by atoms with Crippen molar-refractivity contribution in [3.8, 4) is 0 Å². The van der Waals surface area contributed by atoms with Gasteiger partial charge in [0.1, 0.15) is 0 Å². The van der Waals surface area contributed by atoms with Crippen LogP contribution in [0.1, 0.15) is 23.2 Å². The van der Waals surface area contributed by atoms with E-state index in [4.69, 9.17) is 0 Å². The highest BCUT2D eigenvalue weighted by Gasteiger charge is 2.19. The molecule has 0 unspecified atom stereocenters. The Morgan fingerprint density at radius 3 is 2.16 bits per heavy atom. The number of anilines is 2. The standard InChI is InChI=1S/C19H20IN3O2/c20-15-5-9-17(10-6-15)22-18(24)13-21-16-7-3-14(4-8-16)19(25)23-11-1-2-12-23/h3-10,21H,1-2,11-13H2,(H,22,24). The van der Waals surface area contributed by atoms with E-state index in [-0.39, 0.29) is 18.4 Å². The van der Waals surface area contributed by atoms with Crippen molar-refractivity contribution in [1.29, 1.82) is 0 Å². The van der Waals surface area contributed by atoms with Crippen molar-refractivity contribution in [2.45, 2.75) is 12.8 Å². The van der Waals surface area contributed by atoms with E-state index >= 15 is 0 Å². The first-order valence-electron chi connectivity index (χ1n) is 8.30. The van der Waals surface area contributed by atoms with Gasteiger partial charge in [-0.25, -0.2) is 0 Å². The van der Waals surface area contributed by atoms with Crippen LogP contribution in [0, 0.1) is 3.57 Å². The number of likely N-dealkylation sites (tertiary alicyclic amines) is 1. The molecule has 0 radical (unpaired) electrons. The minimum Gasteiger partial charge on any atom is -0.376 e. The minimum atomic E-state index is -0.113. The molecular formula is C19H20IN3O2. The number of hydrogen-bond acceptors (Lipinski definition) is 3. The predicted octanol–water partition coefficient (Wildman–Crippen LogP) is 3.58. The summed E-state index contributed by atoms with van der Waals surface area (Å²) in [4.78, 5) is 26.2. The summed E-state index contributed by atoms with van der Waals surface area (Å²) in [7, 11) is 0. The number of rotatable bonds is 5. The molecular weight excluding hydrogens is 429 g/mol. The number of nitrogens with zero attached hydrogens (tertiary/aromatic N) is 1. The second-order valence-corrected chi connectivity index (χ2v) is 7.23. The van der Waals surface area contributed by atoms with Crippen LogP contribution in [0.4, 0.5) is 11.4 Å². The van der Waals surface area contributed by atoms with Crippen LogP contribution >= 0.6 is 22.6 Å². The van der Waals surface area contributed by atoms with Crippen LogP contribution in [0.5, 0.6) is 0 Å². The fourth-order valence-electron chi connectivity index (χ4n) is 2.75. The number of nitrogens with one attached hydrogen (secondary N) is 2. The van der Waals surface area contributed by atoms with Gasteiger partial charge in [-0.2, -0.15) is 0 Å². The lowest BCUT2D eigenvalue weighted by atomic mass is 10.2. The Bertz CT molecular complexity index is 738. The van der Waals surface area contributed by atoms with Crippen molar-refractivity contribution in [2.24, 2.45) is 0 Å². The largest absolute Gasteiger partial charge is 0.376 e. The van der Waals surface area contributed by atoms with E-state index < -0.39 is 0 Å². The van der Waals surface area contributed by atoms with Gasteiger partial charge in [0, 0.05) is 33.6 Å². The number of amides is 2. The first-order valence-corrected chi connectivity index (χ1v) is 9.38. The third kappa shape index (κ3) is 4.94. The lowest BCUT2D eigenvalue weighted by Gasteiger charge is -2.15. The average molecular weight is 449 g/mol. The van der Waals surface area contributed by atoms with Crippen LogP contribution in [0.15, 0.2) is 48.5 Å². The lowest BCUT2D eigenvalue weighted by Crippen LogP contribution is -2.27. The Morgan fingerprint density at radius 1 is 0.920 bits per heavy atom. The third-order valence-corrected chi connectivity index (χ3v) is 4.83. The molecule has 0 saturated carbocycles. The van der Waals surface area contributed by atoms with E-state index in [9.17, 15) is 9.59 Å². The molecule has 1 aliphatic rings. The highest BCUT2D eigenvalue weighted by Crippen LogP contribution is 2.15. The van der Waals surface area contributed by atoms with Crippen molar-refractivity contribution >= 4 is 45.8 Å². The summed E-state index contributed by atoms with van der Waals surface area (Å²) in [5.41, 5.74) is 2.28. The van der Waals surface area contributed by atoms with Crippen molar-refractivity contribution in [1.82, 2.24) is 4.90 Å². The fraction of sp³-hybridized carbons (Fsp3) is 0.263. The zero-order valence-corrected chi connectivity index (χ0v) is 16.0. The Kier molecular flexibility index (Phi) is 5.91. The van der Waals surface area contributed by atoms with Crippen LogP contribution in [0.3, 0.4) is 0 Å². The van der Waals surface area contributed by atoms with Crippen LogP contribution in [-0.4, -0.2) is 36.3 Å². The summed E-state index contributed by atoms with van der Waals surface area (Å²) in [5.74, 6) is -0.0288. The van der Waals surface area contributed by atoms with E-state index in [1.807, 2.05) is 41.3 Å².